The molecule has 2 saturated carbocycles. The molecular weight excluding hydrogens is 280 g/mol. The van der Waals surface area contributed by atoms with Gasteiger partial charge >= 0.3 is 0 Å². The van der Waals surface area contributed by atoms with E-state index in [4.69, 9.17) is 4.74 Å². The Hall–Kier alpha value is -0.980. The monoisotopic (exact) mass is 312 g/mol. The molecule has 2 fully saturated rings. The minimum Gasteiger partial charge on any atom is -0.501 e. The quantitative estimate of drug-likeness (QED) is 0.537. The molecule has 0 aliphatic heterocycles. The van der Waals surface area contributed by atoms with E-state index in [9.17, 15) is 0 Å². The zero-order valence-electron chi connectivity index (χ0n) is 15.3. The predicted octanol–water partition coefficient (Wildman–Crippen LogP) is 6.04. The van der Waals surface area contributed by atoms with E-state index in [1.807, 2.05) is 7.11 Å². The van der Waals surface area contributed by atoms with Gasteiger partial charge in [-0.1, -0.05) is 31.6 Å². The molecule has 0 spiro atoms. The highest BCUT2D eigenvalue weighted by molar-refractivity contribution is 5.36. The van der Waals surface area contributed by atoms with Gasteiger partial charge in [0.15, 0.2) is 0 Å². The van der Waals surface area contributed by atoms with Crippen LogP contribution >= 0.6 is 0 Å². The maximum Gasteiger partial charge on any atom is 0.0958 e. The second-order valence-corrected chi connectivity index (χ2v) is 8.81. The van der Waals surface area contributed by atoms with Gasteiger partial charge < -0.3 is 4.74 Å². The summed E-state index contributed by atoms with van der Waals surface area (Å²) in [5.41, 5.74) is 4.23. The highest BCUT2D eigenvalue weighted by atomic mass is 16.5. The molecule has 23 heavy (non-hydrogen) atoms. The lowest BCUT2D eigenvalue weighted by atomic mass is 9.48. The minimum atomic E-state index is 0.394. The lowest BCUT2D eigenvalue weighted by Gasteiger charge is -2.56. The van der Waals surface area contributed by atoms with Gasteiger partial charge in [0.2, 0.25) is 0 Å². The van der Waals surface area contributed by atoms with Gasteiger partial charge in [-0.3, -0.25) is 0 Å². The van der Waals surface area contributed by atoms with Crippen LogP contribution in [0.1, 0.15) is 65.7 Å². The van der Waals surface area contributed by atoms with Crippen LogP contribution in [0, 0.1) is 28.6 Å². The normalized spacial score (nSPS) is 47.3. The fourth-order valence-corrected chi connectivity index (χ4v) is 6.78. The Kier molecular flexibility index (Phi) is 3.55. The number of fused-ring (bicyclic) bond motifs is 5. The third-order valence-electron chi connectivity index (χ3n) is 8.19. The molecule has 0 amide bonds. The highest BCUT2D eigenvalue weighted by Gasteiger charge is 2.56. The van der Waals surface area contributed by atoms with Gasteiger partial charge in [-0.25, -0.2) is 0 Å². The summed E-state index contributed by atoms with van der Waals surface area (Å²) in [7, 11) is 1.82. The van der Waals surface area contributed by atoms with Gasteiger partial charge in [0.25, 0.3) is 0 Å². The molecule has 0 aromatic carbocycles. The van der Waals surface area contributed by atoms with E-state index in [0.717, 1.165) is 24.2 Å². The SMILES string of the molecule is CC=C1CCC2C3CC=C4C=C(OC)CC[C@]4(C)C3CC[C@]12C. The first-order valence-corrected chi connectivity index (χ1v) is 9.64. The maximum absolute atomic E-state index is 5.55. The maximum atomic E-state index is 5.55. The molecular formula is C22H32O. The summed E-state index contributed by atoms with van der Waals surface area (Å²) in [6.07, 6.45) is 16.6. The van der Waals surface area contributed by atoms with Crippen molar-refractivity contribution < 1.29 is 4.74 Å². The van der Waals surface area contributed by atoms with Crippen molar-refractivity contribution in [3.05, 3.63) is 35.1 Å². The smallest absolute Gasteiger partial charge is 0.0958 e. The predicted molar refractivity (Wildman–Crippen MR) is 95.9 cm³/mol. The third kappa shape index (κ3) is 2.04. The number of methoxy groups -OCH3 is 1. The number of ether oxygens (including phenoxy) is 1. The van der Waals surface area contributed by atoms with Gasteiger partial charge in [-0.15, -0.1) is 0 Å². The van der Waals surface area contributed by atoms with Crippen LogP contribution in [0.25, 0.3) is 0 Å². The minimum absolute atomic E-state index is 0.394. The first kappa shape index (κ1) is 15.5. The molecule has 0 aromatic rings. The molecule has 0 saturated heterocycles. The van der Waals surface area contributed by atoms with E-state index in [1.54, 1.807) is 11.1 Å². The Morgan fingerprint density at radius 3 is 2.61 bits per heavy atom. The van der Waals surface area contributed by atoms with Crippen molar-refractivity contribution >= 4 is 0 Å². The van der Waals surface area contributed by atoms with E-state index < -0.39 is 0 Å². The molecule has 0 radical (unpaired) electrons. The van der Waals surface area contributed by atoms with Crippen molar-refractivity contribution in [2.75, 3.05) is 7.11 Å². The zero-order valence-corrected chi connectivity index (χ0v) is 15.3. The van der Waals surface area contributed by atoms with Crippen LogP contribution in [0.15, 0.2) is 35.1 Å². The van der Waals surface area contributed by atoms with Crippen LogP contribution < -0.4 is 0 Å². The fourth-order valence-electron chi connectivity index (χ4n) is 6.78. The van der Waals surface area contributed by atoms with Gasteiger partial charge in [0.05, 0.1) is 12.9 Å². The Balaban J connectivity index is 1.70. The van der Waals surface area contributed by atoms with Crippen LogP contribution in [0.5, 0.6) is 0 Å². The summed E-state index contributed by atoms with van der Waals surface area (Å²) < 4.78 is 5.55. The molecule has 4 rings (SSSR count). The van der Waals surface area contributed by atoms with Crippen molar-refractivity contribution in [1.82, 2.24) is 0 Å². The van der Waals surface area contributed by atoms with Crippen molar-refractivity contribution in [3.8, 4) is 0 Å². The number of allylic oxidation sites excluding steroid dienone is 6. The molecule has 1 heteroatoms. The van der Waals surface area contributed by atoms with Gasteiger partial charge in [-0.05, 0) is 85.7 Å². The summed E-state index contributed by atoms with van der Waals surface area (Å²) in [5, 5.41) is 0. The Morgan fingerprint density at radius 1 is 1.09 bits per heavy atom. The number of rotatable bonds is 1. The van der Waals surface area contributed by atoms with Gasteiger partial charge in [0.1, 0.15) is 0 Å². The fraction of sp³-hybridized carbons (Fsp3) is 0.727. The Labute approximate surface area is 141 Å². The van der Waals surface area contributed by atoms with E-state index in [2.05, 4.69) is 39.0 Å². The lowest BCUT2D eigenvalue weighted by Crippen LogP contribution is -2.48. The van der Waals surface area contributed by atoms with Crippen LogP contribution in [-0.2, 0) is 4.74 Å². The van der Waals surface area contributed by atoms with Crippen LogP contribution in [0.3, 0.4) is 0 Å². The van der Waals surface area contributed by atoms with Crippen molar-refractivity contribution in [2.45, 2.75) is 65.7 Å². The molecule has 0 aromatic heterocycles. The average molecular weight is 312 g/mol. The summed E-state index contributed by atoms with van der Waals surface area (Å²) in [5.74, 6) is 3.88. The Morgan fingerprint density at radius 2 is 1.87 bits per heavy atom. The van der Waals surface area contributed by atoms with E-state index in [-0.39, 0.29) is 0 Å². The van der Waals surface area contributed by atoms with Crippen LogP contribution in [0.4, 0.5) is 0 Å². The van der Waals surface area contributed by atoms with E-state index in [1.165, 1.54) is 44.3 Å². The zero-order chi connectivity index (χ0) is 16.2. The molecule has 0 bridgehead atoms. The average Bonchev–Trinajstić information content (AvgIpc) is 2.90. The highest BCUT2D eigenvalue weighted by Crippen LogP contribution is 2.65. The third-order valence-corrected chi connectivity index (χ3v) is 8.19. The van der Waals surface area contributed by atoms with Crippen LogP contribution in [0.2, 0.25) is 0 Å². The summed E-state index contributed by atoms with van der Waals surface area (Å²) >= 11 is 0. The van der Waals surface area contributed by atoms with Gasteiger partial charge in [-0.2, -0.15) is 0 Å². The molecule has 4 aliphatic carbocycles. The van der Waals surface area contributed by atoms with E-state index in [0.29, 0.717) is 10.8 Å². The second kappa shape index (κ2) is 5.26. The van der Waals surface area contributed by atoms with Crippen molar-refractivity contribution in [2.24, 2.45) is 28.6 Å². The number of hydrogen-bond donors (Lipinski definition) is 0. The lowest BCUT2D eigenvalue weighted by molar-refractivity contribution is -0.00833. The largest absolute Gasteiger partial charge is 0.501 e. The second-order valence-electron chi connectivity index (χ2n) is 8.81. The molecule has 0 heterocycles. The van der Waals surface area contributed by atoms with Gasteiger partial charge in [0, 0.05) is 6.42 Å². The Bertz CT molecular complexity index is 595. The molecule has 0 N–H and O–H groups in total. The van der Waals surface area contributed by atoms with Crippen molar-refractivity contribution in [3.63, 3.8) is 0 Å². The standard InChI is InChI=1S/C22H32O/c1-5-15-7-9-19-18-8-6-16-14-17(23-4)10-12-22(16,3)20(18)11-13-21(15,19)2/h5-6,14,18-20H,7-13H2,1-4H3/t18?,19?,20?,21-,22+/m1/s1. The molecule has 4 aliphatic rings. The van der Waals surface area contributed by atoms with Crippen molar-refractivity contribution in [1.29, 1.82) is 0 Å². The summed E-state index contributed by atoms with van der Waals surface area (Å²) in [4.78, 5) is 0. The first-order valence-electron chi connectivity index (χ1n) is 9.64. The van der Waals surface area contributed by atoms with Crippen LogP contribution in [-0.4, -0.2) is 7.11 Å². The molecule has 126 valence electrons. The molecule has 5 atom stereocenters. The summed E-state index contributed by atoms with van der Waals surface area (Å²) in [6, 6.07) is 0. The molecule has 1 nitrogen and oxygen atoms in total. The van der Waals surface area contributed by atoms with E-state index >= 15 is 0 Å². The summed E-state index contributed by atoms with van der Waals surface area (Å²) in [6.45, 7) is 7.38. The number of hydrogen-bond acceptors (Lipinski definition) is 1. The first-order chi connectivity index (χ1) is 11.0. The molecule has 3 unspecified atom stereocenters. The topological polar surface area (TPSA) is 9.23 Å².